The number of halogens is 3. The van der Waals surface area contributed by atoms with E-state index >= 15 is 0 Å². The smallest absolute Gasteiger partial charge is 0.259 e. The predicted octanol–water partition coefficient (Wildman–Crippen LogP) is 3.90. The van der Waals surface area contributed by atoms with E-state index in [1.165, 1.54) is 48.5 Å². The number of carbonyl (C=O) groups is 1. The second-order valence-electron chi connectivity index (χ2n) is 7.92. The quantitative estimate of drug-likeness (QED) is 0.592. The number of benzene rings is 2. The molecule has 0 saturated carbocycles. The number of hydrogen-bond donors (Lipinski definition) is 2. The molecule has 7 nitrogen and oxygen atoms in total. The number of anilines is 2. The van der Waals surface area contributed by atoms with E-state index in [4.69, 9.17) is 5.14 Å². The van der Waals surface area contributed by atoms with E-state index in [0.717, 1.165) is 0 Å². The van der Waals surface area contributed by atoms with Crippen LogP contribution in [0.4, 0.5) is 24.7 Å². The van der Waals surface area contributed by atoms with Crippen molar-refractivity contribution in [3.8, 4) is 0 Å². The van der Waals surface area contributed by atoms with E-state index in [1.807, 2.05) is 0 Å². The van der Waals surface area contributed by atoms with Gasteiger partial charge in [-0.3, -0.25) is 4.79 Å². The number of nitrogens with two attached hydrogens (primary N) is 1. The third-order valence-corrected chi connectivity index (χ3v) is 6.35. The van der Waals surface area contributed by atoms with Crippen LogP contribution >= 0.6 is 0 Å². The van der Waals surface area contributed by atoms with Crippen molar-refractivity contribution in [3.63, 3.8) is 0 Å². The highest BCUT2D eigenvalue weighted by atomic mass is 32.2. The van der Waals surface area contributed by atoms with Crippen LogP contribution in [0.2, 0.25) is 0 Å². The van der Waals surface area contributed by atoms with E-state index in [2.05, 4.69) is 10.3 Å². The Kier molecular flexibility index (Phi) is 6.02. The number of rotatable bonds is 4. The lowest BCUT2D eigenvalue weighted by atomic mass is 10.1. The minimum Gasteiger partial charge on any atom is -0.356 e. The van der Waals surface area contributed by atoms with Gasteiger partial charge in [0, 0.05) is 37.0 Å². The van der Waals surface area contributed by atoms with E-state index in [-0.39, 0.29) is 54.3 Å². The maximum Gasteiger partial charge on any atom is 0.259 e. The number of fused-ring (bicyclic) bond motifs is 1. The SMILES string of the molecule is NS(=O)(=O)c1cccc(NC(=O)c2cc3cc(F)ccc3nc2N2CCCC(F)(F)CC2)c1. The minimum atomic E-state index is -3.98. The molecule has 0 radical (unpaired) electrons. The van der Waals surface area contributed by atoms with E-state index < -0.39 is 27.7 Å². The van der Waals surface area contributed by atoms with Gasteiger partial charge in [-0.15, -0.1) is 0 Å². The van der Waals surface area contributed by atoms with Crippen molar-refractivity contribution in [2.45, 2.75) is 30.1 Å². The van der Waals surface area contributed by atoms with Crippen LogP contribution in [0.1, 0.15) is 29.6 Å². The fourth-order valence-electron chi connectivity index (χ4n) is 3.77. The summed E-state index contributed by atoms with van der Waals surface area (Å²) in [5.41, 5.74) is 0.633. The monoisotopic (exact) mass is 478 g/mol. The molecule has 174 valence electrons. The summed E-state index contributed by atoms with van der Waals surface area (Å²) in [6.07, 6.45) is -0.425. The molecule has 2 heterocycles. The summed E-state index contributed by atoms with van der Waals surface area (Å²) in [6.45, 7) is 0.268. The highest BCUT2D eigenvalue weighted by Gasteiger charge is 2.33. The molecule has 11 heteroatoms. The Balaban J connectivity index is 1.75. The molecule has 1 amide bonds. The fraction of sp³-hybridized carbons (Fsp3) is 0.273. The fourth-order valence-corrected chi connectivity index (χ4v) is 4.33. The van der Waals surface area contributed by atoms with Gasteiger partial charge in [0.05, 0.1) is 16.0 Å². The molecule has 1 aliphatic heterocycles. The summed E-state index contributed by atoms with van der Waals surface area (Å²) in [5, 5.41) is 8.11. The first-order chi connectivity index (χ1) is 15.5. The number of pyridine rings is 1. The number of carbonyl (C=O) groups excluding carboxylic acids is 1. The zero-order chi connectivity index (χ0) is 23.8. The zero-order valence-corrected chi connectivity index (χ0v) is 18.2. The molecule has 0 aliphatic carbocycles. The van der Waals surface area contributed by atoms with Crippen molar-refractivity contribution in [1.29, 1.82) is 0 Å². The number of aromatic nitrogens is 1. The molecule has 3 aromatic rings. The van der Waals surface area contributed by atoms with Crippen molar-refractivity contribution in [1.82, 2.24) is 4.98 Å². The van der Waals surface area contributed by atoms with Gasteiger partial charge >= 0.3 is 0 Å². The van der Waals surface area contributed by atoms with Gasteiger partial charge in [0.1, 0.15) is 11.6 Å². The van der Waals surface area contributed by atoms with Crippen molar-refractivity contribution in [3.05, 3.63) is 59.9 Å². The summed E-state index contributed by atoms with van der Waals surface area (Å²) in [6, 6.07) is 10.7. The third kappa shape index (κ3) is 5.25. The Morgan fingerprint density at radius 3 is 2.64 bits per heavy atom. The van der Waals surface area contributed by atoms with Crippen LogP contribution in [-0.2, 0) is 10.0 Å². The highest BCUT2D eigenvalue weighted by molar-refractivity contribution is 7.89. The molecule has 0 atom stereocenters. The highest BCUT2D eigenvalue weighted by Crippen LogP contribution is 2.32. The maximum atomic E-state index is 13.9. The van der Waals surface area contributed by atoms with Crippen LogP contribution in [0.25, 0.3) is 10.9 Å². The molecule has 2 aromatic carbocycles. The Hall–Kier alpha value is -3.18. The summed E-state index contributed by atoms with van der Waals surface area (Å²) in [4.78, 5) is 19.1. The Bertz CT molecular complexity index is 1330. The molecule has 0 unspecified atom stereocenters. The summed E-state index contributed by atoms with van der Waals surface area (Å²) in [5.74, 6) is -3.76. The number of hydrogen-bond acceptors (Lipinski definition) is 5. The molecule has 4 rings (SSSR count). The van der Waals surface area contributed by atoms with Crippen molar-refractivity contribution >= 4 is 38.3 Å². The molecule has 0 bridgehead atoms. The van der Waals surface area contributed by atoms with E-state index in [0.29, 0.717) is 10.9 Å². The van der Waals surface area contributed by atoms with Gasteiger partial charge in [0.2, 0.25) is 15.9 Å². The van der Waals surface area contributed by atoms with Gasteiger partial charge in [-0.1, -0.05) is 6.07 Å². The molecule has 1 aromatic heterocycles. The van der Waals surface area contributed by atoms with Crippen LogP contribution in [0, 0.1) is 5.82 Å². The largest absolute Gasteiger partial charge is 0.356 e. The van der Waals surface area contributed by atoms with Crippen LogP contribution in [-0.4, -0.2) is 38.3 Å². The number of amides is 1. The Labute approximate surface area is 188 Å². The van der Waals surface area contributed by atoms with Crippen LogP contribution in [0.5, 0.6) is 0 Å². The first-order valence-electron chi connectivity index (χ1n) is 10.2. The molecule has 0 spiro atoms. The number of nitrogens with one attached hydrogen (secondary N) is 1. The standard InChI is InChI=1S/C22H21F3N4O3S/c23-15-5-6-19-14(11-15)12-18(20(28-19)29-9-2-7-22(24,25)8-10-29)21(30)27-16-3-1-4-17(13-16)33(26,31)32/h1,3-6,11-13H,2,7-10H2,(H,27,30)(H2,26,31,32). The van der Waals surface area contributed by atoms with E-state index in [1.54, 1.807) is 4.90 Å². The first kappa shape index (κ1) is 23.0. The first-order valence-corrected chi connectivity index (χ1v) is 11.7. The van der Waals surface area contributed by atoms with Crippen LogP contribution in [0.3, 0.4) is 0 Å². The molecule has 1 aliphatic rings. The number of alkyl halides is 2. The molecule has 1 fully saturated rings. The average molecular weight is 478 g/mol. The van der Waals surface area contributed by atoms with E-state index in [9.17, 15) is 26.4 Å². The van der Waals surface area contributed by atoms with Gasteiger partial charge in [0.15, 0.2) is 0 Å². The van der Waals surface area contributed by atoms with Crippen molar-refractivity contribution < 1.29 is 26.4 Å². The summed E-state index contributed by atoms with van der Waals surface area (Å²) >= 11 is 0. The Morgan fingerprint density at radius 2 is 1.88 bits per heavy atom. The second kappa shape index (κ2) is 8.64. The molecular weight excluding hydrogens is 457 g/mol. The lowest BCUT2D eigenvalue weighted by Crippen LogP contribution is -2.29. The molecule has 3 N–H and O–H groups in total. The van der Waals surface area contributed by atoms with Crippen molar-refractivity contribution in [2.75, 3.05) is 23.3 Å². The predicted molar refractivity (Wildman–Crippen MR) is 118 cm³/mol. The summed E-state index contributed by atoms with van der Waals surface area (Å²) < 4.78 is 64.8. The Morgan fingerprint density at radius 1 is 1.09 bits per heavy atom. The average Bonchev–Trinajstić information content (AvgIpc) is 2.92. The maximum absolute atomic E-state index is 13.9. The molecular formula is C22H21F3N4O3S. The topological polar surface area (TPSA) is 105 Å². The minimum absolute atomic E-state index is 0.00607. The number of nitrogens with zero attached hydrogens (tertiary/aromatic N) is 2. The molecule has 1 saturated heterocycles. The van der Waals surface area contributed by atoms with Crippen molar-refractivity contribution in [2.24, 2.45) is 5.14 Å². The van der Waals surface area contributed by atoms with Gasteiger partial charge in [-0.2, -0.15) is 0 Å². The van der Waals surface area contributed by atoms with Crippen LogP contribution < -0.4 is 15.4 Å². The lowest BCUT2D eigenvalue weighted by molar-refractivity contribution is -0.0102. The summed E-state index contributed by atoms with van der Waals surface area (Å²) in [7, 11) is -3.98. The molecule has 33 heavy (non-hydrogen) atoms. The van der Waals surface area contributed by atoms with Gasteiger partial charge in [0.25, 0.3) is 5.91 Å². The second-order valence-corrected chi connectivity index (χ2v) is 9.48. The van der Waals surface area contributed by atoms with Gasteiger partial charge < -0.3 is 10.2 Å². The van der Waals surface area contributed by atoms with Gasteiger partial charge in [-0.25, -0.2) is 31.7 Å². The third-order valence-electron chi connectivity index (χ3n) is 5.44. The number of sulfonamides is 1. The zero-order valence-electron chi connectivity index (χ0n) is 17.4. The van der Waals surface area contributed by atoms with Crippen LogP contribution in [0.15, 0.2) is 53.4 Å². The lowest BCUT2D eigenvalue weighted by Gasteiger charge is -2.24. The number of primary sulfonamides is 1. The normalized spacial score (nSPS) is 16.4. The van der Waals surface area contributed by atoms with Gasteiger partial charge in [-0.05, 0) is 48.9 Å².